The van der Waals surface area contributed by atoms with Gasteiger partial charge in [-0.05, 0) is 120 Å². The van der Waals surface area contributed by atoms with Gasteiger partial charge in [0.25, 0.3) is 11.5 Å². The minimum atomic E-state index is -0.686. The van der Waals surface area contributed by atoms with E-state index in [0.717, 1.165) is 24.0 Å². The highest BCUT2D eigenvalue weighted by Gasteiger charge is 2.32. The largest absolute Gasteiger partial charge is 0.497 e. The van der Waals surface area contributed by atoms with Crippen LogP contribution in [0.4, 0.5) is 5.69 Å². The van der Waals surface area contributed by atoms with Crippen LogP contribution in [0, 0.1) is 7.14 Å². The van der Waals surface area contributed by atoms with E-state index in [1.165, 1.54) is 11.3 Å². The molecule has 0 radical (unpaired) electrons. The van der Waals surface area contributed by atoms with Crippen molar-refractivity contribution in [3.8, 4) is 11.5 Å². The van der Waals surface area contributed by atoms with Crippen LogP contribution < -0.4 is 29.7 Å². The van der Waals surface area contributed by atoms with Crippen molar-refractivity contribution >= 4 is 74.2 Å². The van der Waals surface area contributed by atoms with Gasteiger partial charge in [-0.1, -0.05) is 41.7 Å². The summed E-state index contributed by atoms with van der Waals surface area (Å²) < 4.78 is 15.5. The smallest absolute Gasteiger partial charge is 0.271 e. The van der Waals surface area contributed by atoms with Crippen LogP contribution in [0.1, 0.15) is 37.9 Å². The molecule has 210 valence electrons. The maximum atomic E-state index is 14.0. The molecule has 1 aromatic heterocycles. The van der Waals surface area contributed by atoms with Gasteiger partial charge in [0.2, 0.25) is 0 Å². The third kappa shape index (κ3) is 6.28. The Hall–Kier alpha value is -2.97. The standard InChI is InChI=1S/C31H27I2N3O4S/c1-17(2)40-28-23(32)13-19(14-24(28)33)15-25-30(38)36-27(20-9-8-12-22(16-20)39-4)26(18(3)34-31(36)41-25)29(37)35-21-10-6-5-7-11-21/h5-17,27H,1-4H3,(H,35,37)/b25-15-/t27-/m1/s1. The first kappa shape index (κ1) is 29.5. The first-order valence-corrected chi connectivity index (χ1v) is 15.8. The lowest BCUT2D eigenvalue weighted by Gasteiger charge is -2.25. The van der Waals surface area contributed by atoms with Gasteiger partial charge in [0.05, 0.1) is 42.2 Å². The number of carbonyl (C=O) groups is 1. The van der Waals surface area contributed by atoms with Crippen molar-refractivity contribution < 1.29 is 14.3 Å². The van der Waals surface area contributed by atoms with Gasteiger partial charge in [-0.15, -0.1) is 0 Å². The Morgan fingerprint density at radius 2 is 1.78 bits per heavy atom. The number of nitrogens with one attached hydrogen (secondary N) is 1. The summed E-state index contributed by atoms with van der Waals surface area (Å²) in [6.45, 7) is 5.80. The monoisotopic (exact) mass is 791 g/mol. The zero-order chi connectivity index (χ0) is 29.3. The molecular formula is C31H27I2N3O4S. The molecule has 0 spiro atoms. The van der Waals surface area contributed by atoms with E-state index in [-0.39, 0.29) is 17.6 Å². The number of ether oxygens (including phenoxy) is 2. The van der Waals surface area contributed by atoms with Crippen molar-refractivity contribution in [2.24, 2.45) is 4.99 Å². The summed E-state index contributed by atoms with van der Waals surface area (Å²) in [4.78, 5) is 33.0. The van der Waals surface area contributed by atoms with Crippen molar-refractivity contribution in [2.75, 3.05) is 12.4 Å². The summed E-state index contributed by atoms with van der Waals surface area (Å²) in [5, 5.41) is 2.98. The number of fused-ring (bicyclic) bond motifs is 1. The van der Waals surface area contributed by atoms with E-state index in [4.69, 9.17) is 14.5 Å². The molecule has 41 heavy (non-hydrogen) atoms. The molecule has 2 heterocycles. The van der Waals surface area contributed by atoms with Crippen LogP contribution in [-0.2, 0) is 4.79 Å². The van der Waals surface area contributed by atoms with E-state index in [1.54, 1.807) is 11.7 Å². The van der Waals surface area contributed by atoms with Crippen molar-refractivity contribution in [3.63, 3.8) is 0 Å². The summed E-state index contributed by atoms with van der Waals surface area (Å²) >= 11 is 5.83. The lowest BCUT2D eigenvalue weighted by Crippen LogP contribution is -2.40. The Morgan fingerprint density at radius 1 is 1.07 bits per heavy atom. The molecule has 1 aliphatic heterocycles. The van der Waals surface area contributed by atoms with Gasteiger partial charge in [-0.25, -0.2) is 4.99 Å². The second kappa shape index (κ2) is 12.5. The number of nitrogens with zero attached hydrogens (tertiary/aromatic N) is 2. The van der Waals surface area contributed by atoms with Crippen LogP contribution in [0.25, 0.3) is 6.08 Å². The van der Waals surface area contributed by atoms with Crippen molar-refractivity contribution in [1.82, 2.24) is 4.57 Å². The Labute approximate surface area is 268 Å². The summed E-state index contributed by atoms with van der Waals surface area (Å²) in [6.07, 6.45) is 1.93. The number of carbonyl (C=O) groups excluding carboxylic acids is 1. The van der Waals surface area contributed by atoms with Gasteiger partial charge >= 0.3 is 0 Å². The first-order chi connectivity index (χ1) is 19.7. The fourth-order valence-corrected chi connectivity index (χ4v) is 7.74. The van der Waals surface area contributed by atoms with Crippen molar-refractivity contribution in [1.29, 1.82) is 0 Å². The van der Waals surface area contributed by atoms with Gasteiger partial charge in [0, 0.05) is 5.69 Å². The summed E-state index contributed by atoms with van der Waals surface area (Å²) in [5.74, 6) is 1.15. The fraction of sp³-hybridized carbons (Fsp3) is 0.194. The lowest BCUT2D eigenvalue weighted by molar-refractivity contribution is -0.113. The molecule has 0 saturated carbocycles. The molecule has 0 unspecified atom stereocenters. The number of thiazole rings is 1. The van der Waals surface area contributed by atoms with Crippen LogP contribution in [0.3, 0.4) is 0 Å². The first-order valence-electron chi connectivity index (χ1n) is 12.8. The van der Waals surface area contributed by atoms with Crippen molar-refractivity contribution in [2.45, 2.75) is 32.9 Å². The number of methoxy groups -OCH3 is 1. The number of para-hydroxylation sites is 1. The molecule has 10 heteroatoms. The Bertz CT molecular complexity index is 1820. The molecule has 7 nitrogen and oxygen atoms in total. The number of allylic oxidation sites excluding steroid dienone is 1. The molecule has 0 bridgehead atoms. The number of anilines is 1. The molecule has 1 N–H and O–H groups in total. The van der Waals surface area contributed by atoms with Crippen LogP contribution in [0.5, 0.6) is 11.5 Å². The van der Waals surface area contributed by atoms with E-state index in [9.17, 15) is 9.59 Å². The molecule has 1 atom stereocenters. The quantitative estimate of drug-likeness (QED) is 0.238. The normalized spacial score (nSPS) is 15.0. The molecule has 0 fully saturated rings. The zero-order valence-electron chi connectivity index (χ0n) is 22.8. The van der Waals surface area contributed by atoms with Crippen molar-refractivity contribution in [3.05, 3.63) is 116 Å². The van der Waals surface area contributed by atoms with E-state index >= 15 is 0 Å². The third-order valence-electron chi connectivity index (χ3n) is 6.38. The lowest BCUT2D eigenvalue weighted by atomic mass is 9.95. The highest BCUT2D eigenvalue weighted by molar-refractivity contribution is 14.1. The average Bonchev–Trinajstić information content (AvgIpc) is 3.24. The van der Waals surface area contributed by atoms with Gasteiger partial charge < -0.3 is 14.8 Å². The predicted octanol–water partition coefficient (Wildman–Crippen LogP) is 5.88. The van der Waals surface area contributed by atoms with Gasteiger partial charge in [-0.3, -0.25) is 14.2 Å². The second-order valence-electron chi connectivity index (χ2n) is 9.66. The third-order valence-corrected chi connectivity index (χ3v) is 8.96. The Kier molecular flexibility index (Phi) is 9.00. The molecule has 1 amide bonds. The predicted molar refractivity (Wildman–Crippen MR) is 179 cm³/mol. The number of benzene rings is 3. The maximum Gasteiger partial charge on any atom is 0.271 e. The average molecular weight is 791 g/mol. The number of amides is 1. The minimum Gasteiger partial charge on any atom is -0.497 e. The SMILES string of the molecule is COc1cccc([C@@H]2C(C(=O)Nc3ccccc3)=C(C)N=c3s/c(=C\c4cc(I)c(OC(C)C)c(I)c4)c(=O)n32)c1. The molecule has 3 aromatic carbocycles. The number of halogens is 2. The number of aromatic nitrogens is 1. The summed E-state index contributed by atoms with van der Waals surface area (Å²) in [7, 11) is 1.59. The molecule has 5 rings (SSSR count). The molecule has 0 aliphatic carbocycles. The van der Waals surface area contributed by atoms with Crippen LogP contribution >= 0.6 is 56.5 Å². The molecular weight excluding hydrogens is 764 g/mol. The fourth-order valence-electron chi connectivity index (χ4n) is 4.62. The molecule has 1 aliphatic rings. The second-order valence-corrected chi connectivity index (χ2v) is 13.0. The van der Waals surface area contributed by atoms with E-state index < -0.39 is 6.04 Å². The van der Waals surface area contributed by atoms with E-state index in [2.05, 4.69) is 50.5 Å². The van der Waals surface area contributed by atoms with Gasteiger partial charge in [0.1, 0.15) is 11.5 Å². The highest BCUT2D eigenvalue weighted by atomic mass is 127. The van der Waals surface area contributed by atoms with Crippen LogP contribution in [-0.4, -0.2) is 23.7 Å². The van der Waals surface area contributed by atoms with E-state index in [0.29, 0.717) is 32.0 Å². The van der Waals surface area contributed by atoms with E-state index in [1.807, 2.05) is 93.6 Å². The zero-order valence-corrected chi connectivity index (χ0v) is 27.9. The Morgan fingerprint density at radius 3 is 2.44 bits per heavy atom. The van der Waals surface area contributed by atoms with Gasteiger partial charge in [0.15, 0.2) is 4.80 Å². The highest BCUT2D eigenvalue weighted by Crippen LogP contribution is 2.33. The maximum absolute atomic E-state index is 14.0. The Balaban J connectivity index is 1.66. The number of rotatable bonds is 7. The van der Waals surface area contributed by atoms with Crippen LogP contribution in [0.2, 0.25) is 0 Å². The van der Waals surface area contributed by atoms with Gasteiger partial charge in [-0.2, -0.15) is 0 Å². The molecule has 4 aromatic rings. The van der Waals surface area contributed by atoms with Crippen LogP contribution in [0.15, 0.2) is 87.8 Å². The molecule has 0 saturated heterocycles. The number of hydrogen-bond donors (Lipinski definition) is 1. The minimum absolute atomic E-state index is 0.0553. The topological polar surface area (TPSA) is 81.9 Å². The number of hydrogen-bond acceptors (Lipinski definition) is 6. The summed E-state index contributed by atoms with van der Waals surface area (Å²) in [6, 6.07) is 20.0. The summed E-state index contributed by atoms with van der Waals surface area (Å²) in [5.41, 5.74) is 3.04.